The number of hydrogen-bond donors (Lipinski definition) is 2. The summed E-state index contributed by atoms with van der Waals surface area (Å²) in [6, 6.07) is 11.2. The number of imidazole rings is 1. The second kappa shape index (κ2) is 8.93. The van der Waals surface area contributed by atoms with Crippen LogP contribution in [0.15, 0.2) is 48.8 Å². The van der Waals surface area contributed by atoms with Gasteiger partial charge in [0.25, 0.3) is 0 Å². The standard InChI is InChI=1S/C21H24N4O4/c1-27-18-6-5-15(24-21(26)11-16-13-28-9-7-22-16)10-19(18)29-14-17-12-25-8-3-2-4-20(25)23-17/h2-6,8,10,12,16,22H,7,9,11,13-14H2,1H3,(H,24,26). The number of hydrogen-bond acceptors (Lipinski definition) is 6. The number of nitrogens with one attached hydrogen (secondary N) is 2. The first-order chi connectivity index (χ1) is 14.2. The van der Waals surface area contributed by atoms with Crippen molar-refractivity contribution in [2.45, 2.75) is 19.1 Å². The van der Waals surface area contributed by atoms with Crippen molar-refractivity contribution >= 4 is 17.2 Å². The molecule has 0 bridgehead atoms. The van der Waals surface area contributed by atoms with Crippen molar-refractivity contribution in [3.8, 4) is 11.5 Å². The molecule has 1 atom stereocenters. The highest BCUT2D eigenvalue weighted by Gasteiger charge is 2.17. The Morgan fingerprint density at radius 1 is 1.34 bits per heavy atom. The third-order valence-corrected chi connectivity index (χ3v) is 4.67. The zero-order valence-electron chi connectivity index (χ0n) is 16.3. The molecule has 1 amide bonds. The third-order valence-electron chi connectivity index (χ3n) is 4.67. The number of aromatic nitrogens is 2. The van der Waals surface area contributed by atoms with E-state index in [1.54, 1.807) is 25.3 Å². The van der Waals surface area contributed by atoms with E-state index in [0.717, 1.165) is 17.9 Å². The zero-order valence-corrected chi connectivity index (χ0v) is 16.3. The molecule has 0 radical (unpaired) electrons. The predicted molar refractivity (Wildman–Crippen MR) is 108 cm³/mol. The summed E-state index contributed by atoms with van der Waals surface area (Å²) < 4.78 is 18.6. The molecule has 8 heteroatoms. The Balaban J connectivity index is 1.41. The van der Waals surface area contributed by atoms with Gasteiger partial charge in [-0.3, -0.25) is 4.79 Å². The van der Waals surface area contributed by atoms with Crippen molar-refractivity contribution in [1.82, 2.24) is 14.7 Å². The number of anilines is 1. The lowest BCUT2D eigenvalue weighted by Gasteiger charge is -2.23. The van der Waals surface area contributed by atoms with E-state index in [1.165, 1.54) is 0 Å². The van der Waals surface area contributed by atoms with Gasteiger partial charge in [0.05, 0.1) is 26.0 Å². The highest BCUT2D eigenvalue weighted by Crippen LogP contribution is 2.31. The van der Waals surface area contributed by atoms with Gasteiger partial charge in [0, 0.05) is 43.2 Å². The summed E-state index contributed by atoms with van der Waals surface area (Å²) in [5, 5.41) is 6.19. The predicted octanol–water partition coefficient (Wildman–Crippen LogP) is 2.24. The van der Waals surface area contributed by atoms with E-state index in [1.807, 2.05) is 35.0 Å². The monoisotopic (exact) mass is 396 g/mol. The fourth-order valence-corrected chi connectivity index (χ4v) is 3.26. The molecule has 2 N–H and O–H groups in total. The Hall–Kier alpha value is -3.10. The van der Waals surface area contributed by atoms with Crippen LogP contribution in [0.5, 0.6) is 11.5 Å². The molecule has 8 nitrogen and oxygen atoms in total. The number of rotatable bonds is 7. The number of carbonyl (C=O) groups is 1. The summed E-state index contributed by atoms with van der Waals surface area (Å²) in [6.45, 7) is 2.29. The van der Waals surface area contributed by atoms with Gasteiger partial charge < -0.3 is 29.2 Å². The average Bonchev–Trinajstić information content (AvgIpc) is 3.16. The Morgan fingerprint density at radius 2 is 2.28 bits per heavy atom. The minimum Gasteiger partial charge on any atom is -0.493 e. The number of nitrogens with zero attached hydrogens (tertiary/aromatic N) is 2. The number of ether oxygens (including phenoxy) is 3. The van der Waals surface area contributed by atoms with E-state index in [0.29, 0.717) is 43.4 Å². The zero-order chi connectivity index (χ0) is 20.1. The van der Waals surface area contributed by atoms with E-state index in [-0.39, 0.29) is 11.9 Å². The van der Waals surface area contributed by atoms with Crippen LogP contribution in [0.3, 0.4) is 0 Å². The molecule has 3 heterocycles. The van der Waals surface area contributed by atoms with Gasteiger partial charge in [-0.2, -0.15) is 0 Å². The maximum Gasteiger partial charge on any atom is 0.226 e. The molecule has 152 valence electrons. The molecular formula is C21H24N4O4. The highest BCUT2D eigenvalue weighted by molar-refractivity contribution is 5.91. The van der Waals surface area contributed by atoms with Crippen molar-refractivity contribution in [2.75, 3.05) is 32.2 Å². The van der Waals surface area contributed by atoms with Crippen molar-refractivity contribution in [1.29, 1.82) is 0 Å². The summed E-state index contributed by atoms with van der Waals surface area (Å²) >= 11 is 0. The van der Waals surface area contributed by atoms with Crippen molar-refractivity contribution in [2.24, 2.45) is 0 Å². The van der Waals surface area contributed by atoms with E-state index in [2.05, 4.69) is 15.6 Å². The van der Waals surface area contributed by atoms with E-state index < -0.39 is 0 Å². The number of pyridine rings is 1. The van der Waals surface area contributed by atoms with Crippen LogP contribution in [-0.2, 0) is 16.1 Å². The first-order valence-electron chi connectivity index (χ1n) is 9.56. The smallest absolute Gasteiger partial charge is 0.226 e. The molecule has 1 saturated heterocycles. The van der Waals surface area contributed by atoms with Gasteiger partial charge in [-0.1, -0.05) is 6.07 Å². The van der Waals surface area contributed by atoms with Crippen LogP contribution < -0.4 is 20.1 Å². The summed E-state index contributed by atoms with van der Waals surface area (Å²) in [5.41, 5.74) is 2.31. The van der Waals surface area contributed by atoms with E-state index in [9.17, 15) is 4.79 Å². The topological polar surface area (TPSA) is 86.1 Å². The lowest BCUT2D eigenvalue weighted by molar-refractivity contribution is -0.117. The molecule has 1 aliphatic rings. The number of fused-ring (bicyclic) bond motifs is 1. The Labute approximate surface area is 168 Å². The Kier molecular flexibility index (Phi) is 5.92. The lowest BCUT2D eigenvalue weighted by atomic mass is 10.2. The van der Waals surface area contributed by atoms with Gasteiger partial charge in [-0.25, -0.2) is 4.98 Å². The number of carbonyl (C=O) groups excluding carboxylic acids is 1. The van der Waals surface area contributed by atoms with Crippen LogP contribution >= 0.6 is 0 Å². The van der Waals surface area contributed by atoms with Crippen molar-refractivity contribution < 1.29 is 19.0 Å². The molecule has 3 aromatic rings. The van der Waals surface area contributed by atoms with Crippen molar-refractivity contribution in [3.05, 3.63) is 54.5 Å². The van der Waals surface area contributed by atoms with Gasteiger partial charge >= 0.3 is 0 Å². The van der Waals surface area contributed by atoms with Gasteiger partial charge in [-0.05, 0) is 24.3 Å². The minimum atomic E-state index is -0.0792. The molecule has 1 unspecified atom stereocenters. The number of benzene rings is 1. The average molecular weight is 396 g/mol. The molecular weight excluding hydrogens is 372 g/mol. The Morgan fingerprint density at radius 3 is 3.07 bits per heavy atom. The summed E-state index contributed by atoms with van der Waals surface area (Å²) in [6.07, 6.45) is 4.21. The number of amides is 1. The maximum atomic E-state index is 12.3. The third kappa shape index (κ3) is 4.85. The van der Waals surface area contributed by atoms with Crippen LogP contribution in [0.1, 0.15) is 12.1 Å². The van der Waals surface area contributed by atoms with E-state index in [4.69, 9.17) is 14.2 Å². The maximum absolute atomic E-state index is 12.3. The SMILES string of the molecule is COc1ccc(NC(=O)CC2COCCN2)cc1OCc1cn2ccccc2n1. The van der Waals surface area contributed by atoms with Gasteiger partial charge in [0.15, 0.2) is 11.5 Å². The number of morpholine rings is 1. The molecule has 0 aliphatic carbocycles. The number of methoxy groups -OCH3 is 1. The minimum absolute atomic E-state index is 0.0350. The first kappa shape index (κ1) is 19.2. The van der Waals surface area contributed by atoms with Gasteiger partial charge in [-0.15, -0.1) is 0 Å². The molecule has 2 aromatic heterocycles. The summed E-state index contributed by atoms with van der Waals surface area (Å²) in [7, 11) is 1.58. The molecule has 0 spiro atoms. The quantitative estimate of drug-likeness (QED) is 0.637. The van der Waals surface area contributed by atoms with E-state index >= 15 is 0 Å². The highest BCUT2D eigenvalue weighted by atomic mass is 16.5. The van der Waals surface area contributed by atoms with Crippen molar-refractivity contribution in [3.63, 3.8) is 0 Å². The van der Waals surface area contributed by atoms with Crippen LogP contribution in [0, 0.1) is 0 Å². The van der Waals surface area contributed by atoms with Crippen LogP contribution in [0.25, 0.3) is 5.65 Å². The molecule has 1 aliphatic heterocycles. The fraction of sp³-hybridized carbons (Fsp3) is 0.333. The normalized spacial score (nSPS) is 16.5. The van der Waals surface area contributed by atoms with Gasteiger partial charge in [0.2, 0.25) is 5.91 Å². The summed E-state index contributed by atoms with van der Waals surface area (Å²) in [5.74, 6) is 1.06. The second-order valence-electron chi connectivity index (χ2n) is 6.83. The fourth-order valence-electron chi connectivity index (χ4n) is 3.26. The molecule has 1 fully saturated rings. The molecule has 29 heavy (non-hydrogen) atoms. The molecule has 4 rings (SSSR count). The Bertz CT molecular complexity index is 949. The molecule has 1 aromatic carbocycles. The van der Waals surface area contributed by atoms with Gasteiger partial charge in [0.1, 0.15) is 12.3 Å². The summed E-state index contributed by atoms with van der Waals surface area (Å²) in [4.78, 5) is 16.9. The lowest BCUT2D eigenvalue weighted by Crippen LogP contribution is -2.43. The molecule has 0 saturated carbocycles. The van der Waals surface area contributed by atoms with Crippen LogP contribution in [-0.4, -0.2) is 48.2 Å². The first-order valence-corrected chi connectivity index (χ1v) is 9.56. The van der Waals surface area contributed by atoms with Crippen LogP contribution in [0.2, 0.25) is 0 Å². The van der Waals surface area contributed by atoms with Crippen LogP contribution in [0.4, 0.5) is 5.69 Å². The second-order valence-corrected chi connectivity index (χ2v) is 6.83. The largest absolute Gasteiger partial charge is 0.493 e.